The van der Waals surface area contributed by atoms with E-state index in [1.807, 2.05) is 6.07 Å². The van der Waals surface area contributed by atoms with Gasteiger partial charge in [0.25, 0.3) is 0 Å². The Morgan fingerprint density at radius 2 is 2.50 bits per heavy atom. The van der Waals surface area contributed by atoms with Gasteiger partial charge in [0.05, 0.1) is 12.6 Å². The molecule has 1 unspecified atom stereocenters. The van der Waals surface area contributed by atoms with Gasteiger partial charge in [0.1, 0.15) is 12.8 Å². The van der Waals surface area contributed by atoms with Crippen molar-refractivity contribution >= 4 is 5.82 Å². The first-order valence-corrected chi connectivity index (χ1v) is 5.81. The fourth-order valence-electron chi connectivity index (χ4n) is 2.57. The van der Waals surface area contributed by atoms with Crippen molar-refractivity contribution in [2.75, 3.05) is 18.1 Å². The second-order valence-corrected chi connectivity index (χ2v) is 4.43. The number of hydrogen-bond donors (Lipinski definition) is 0. The highest BCUT2D eigenvalue weighted by atomic mass is 19.1. The summed E-state index contributed by atoms with van der Waals surface area (Å²) in [6, 6.07) is 2.14. The average Bonchev–Trinajstić information content (AvgIpc) is 2.69. The average molecular weight is 222 g/mol. The third-order valence-corrected chi connectivity index (χ3v) is 3.40. The SMILES string of the molecule is CCc1ccnc2c1OCC1C[C@H](F)CN21. The Hall–Kier alpha value is -1.32. The van der Waals surface area contributed by atoms with E-state index < -0.39 is 6.17 Å². The van der Waals surface area contributed by atoms with E-state index in [0.29, 0.717) is 19.6 Å². The van der Waals surface area contributed by atoms with E-state index in [2.05, 4.69) is 16.8 Å². The molecule has 2 aliphatic heterocycles. The maximum absolute atomic E-state index is 13.4. The molecule has 0 spiro atoms. The van der Waals surface area contributed by atoms with Gasteiger partial charge >= 0.3 is 0 Å². The zero-order chi connectivity index (χ0) is 11.1. The number of nitrogens with zero attached hydrogens (tertiary/aromatic N) is 2. The number of aromatic nitrogens is 1. The van der Waals surface area contributed by atoms with Gasteiger partial charge in [0.15, 0.2) is 11.6 Å². The summed E-state index contributed by atoms with van der Waals surface area (Å²) in [7, 11) is 0. The number of pyridine rings is 1. The van der Waals surface area contributed by atoms with Gasteiger partial charge in [-0.05, 0) is 18.1 Å². The summed E-state index contributed by atoms with van der Waals surface area (Å²) in [4.78, 5) is 6.40. The Labute approximate surface area is 94.2 Å². The molecule has 3 rings (SSSR count). The van der Waals surface area contributed by atoms with Crippen LogP contribution in [0.5, 0.6) is 5.75 Å². The minimum atomic E-state index is -0.744. The van der Waals surface area contributed by atoms with Crippen LogP contribution in [0.3, 0.4) is 0 Å². The second kappa shape index (κ2) is 3.61. The van der Waals surface area contributed by atoms with Crippen molar-refractivity contribution in [1.29, 1.82) is 0 Å². The lowest BCUT2D eigenvalue weighted by molar-refractivity contribution is 0.259. The normalized spacial score (nSPS) is 27.2. The van der Waals surface area contributed by atoms with E-state index in [1.54, 1.807) is 6.20 Å². The molecule has 86 valence electrons. The zero-order valence-electron chi connectivity index (χ0n) is 9.32. The molecule has 2 aliphatic rings. The molecule has 1 saturated heterocycles. The standard InChI is InChI=1S/C12H15FN2O/c1-2-8-3-4-14-12-11(8)16-7-10-5-9(13)6-15(10)12/h3-4,9-10H,2,5-7H2,1H3/t9-,10?/m0/s1. The Kier molecular flexibility index (Phi) is 2.23. The minimum Gasteiger partial charge on any atom is -0.487 e. The van der Waals surface area contributed by atoms with Crippen molar-refractivity contribution in [2.45, 2.75) is 32.0 Å². The highest BCUT2D eigenvalue weighted by Gasteiger charge is 2.38. The molecule has 0 N–H and O–H groups in total. The van der Waals surface area contributed by atoms with Gasteiger partial charge in [0, 0.05) is 12.6 Å². The van der Waals surface area contributed by atoms with E-state index in [1.165, 1.54) is 0 Å². The van der Waals surface area contributed by atoms with Crippen LogP contribution in [-0.4, -0.2) is 30.3 Å². The number of ether oxygens (including phenoxy) is 1. The number of hydrogen-bond acceptors (Lipinski definition) is 3. The van der Waals surface area contributed by atoms with Crippen LogP contribution in [0.25, 0.3) is 0 Å². The summed E-state index contributed by atoms with van der Waals surface area (Å²) in [6.07, 6.45) is 2.53. The van der Waals surface area contributed by atoms with Crippen molar-refractivity contribution in [2.24, 2.45) is 0 Å². The molecule has 2 atom stereocenters. The molecule has 0 aromatic carbocycles. The lowest BCUT2D eigenvalue weighted by Crippen LogP contribution is -2.39. The summed E-state index contributed by atoms with van der Waals surface area (Å²) in [5.74, 6) is 1.69. The van der Waals surface area contributed by atoms with Gasteiger partial charge in [-0.25, -0.2) is 9.37 Å². The highest BCUT2D eigenvalue weighted by Crippen LogP contribution is 2.39. The van der Waals surface area contributed by atoms with Gasteiger partial charge in [0.2, 0.25) is 0 Å². The first-order chi connectivity index (χ1) is 7.79. The summed E-state index contributed by atoms with van der Waals surface area (Å²) >= 11 is 0. The van der Waals surface area contributed by atoms with Crippen molar-refractivity contribution in [3.8, 4) is 5.75 Å². The molecule has 0 amide bonds. The van der Waals surface area contributed by atoms with Crippen LogP contribution >= 0.6 is 0 Å². The Balaban J connectivity index is 2.03. The number of halogens is 1. The van der Waals surface area contributed by atoms with Crippen LogP contribution in [0.2, 0.25) is 0 Å². The summed E-state index contributed by atoms with van der Waals surface area (Å²) in [5, 5.41) is 0. The molecule has 1 fully saturated rings. The molecule has 1 aromatic heterocycles. The first kappa shape index (κ1) is 9.87. The number of anilines is 1. The van der Waals surface area contributed by atoms with Crippen LogP contribution in [0.15, 0.2) is 12.3 Å². The van der Waals surface area contributed by atoms with E-state index in [9.17, 15) is 4.39 Å². The molecule has 3 nitrogen and oxygen atoms in total. The first-order valence-electron chi connectivity index (χ1n) is 5.81. The maximum Gasteiger partial charge on any atom is 0.172 e. The lowest BCUT2D eigenvalue weighted by atomic mass is 10.1. The van der Waals surface area contributed by atoms with Gasteiger partial charge < -0.3 is 9.64 Å². The van der Waals surface area contributed by atoms with E-state index in [-0.39, 0.29) is 6.04 Å². The number of alkyl halides is 1. The quantitative estimate of drug-likeness (QED) is 0.726. The van der Waals surface area contributed by atoms with Gasteiger partial charge in [-0.3, -0.25) is 0 Å². The maximum atomic E-state index is 13.4. The zero-order valence-corrected chi connectivity index (χ0v) is 9.32. The Morgan fingerprint density at radius 3 is 3.31 bits per heavy atom. The molecule has 0 aliphatic carbocycles. The summed E-state index contributed by atoms with van der Waals surface area (Å²) in [6.45, 7) is 3.14. The van der Waals surface area contributed by atoms with E-state index in [4.69, 9.17) is 4.74 Å². The molecule has 4 heteroatoms. The van der Waals surface area contributed by atoms with Crippen LogP contribution in [-0.2, 0) is 6.42 Å². The summed E-state index contributed by atoms with van der Waals surface area (Å²) < 4.78 is 19.1. The predicted octanol–water partition coefficient (Wildman–Crippen LogP) is 1.95. The fraction of sp³-hybridized carbons (Fsp3) is 0.583. The predicted molar refractivity (Wildman–Crippen MR) is 59.8 cm³/mol. The van der Waals surface area contributed by atoms with Crippen LogP contribution in [0.1, 0.15) is 18.9 Å². The van der Waals surface area contributed by atoms with Crippen molar-refractivity contribution in [3.63, 3.8) is 0 Å². The molecule has 16 heavy (non-hydrogen) atoms. The second-order valence-electron chi connectivity index (χ2n) is 4.43. The van der Waals surface area contributed by atoms with E-state index in [0.717, 1.165) is 23.6 Å². The Morgan fingerprint density at radius 1 is 1.62 bits per heavy atom. The monoisotopic (exact) mass is 222 g/mol. The Bertz CT molecular complexity index is 410. The third kappa shape index (κ3) is 1.36. The van der Waals surface area contributed by atoms with Gasteiger partial charge in [-0.1, -0.05) is 6.92 Å². The number of fused-ring (bicyclic) bond motifs is 3. The molecule has 0 bridgehead atoms. The molecular weight excluding hydrogens is 207 g/mol. The van der Waals surface area contributed by atoms with Crippen molar-refractivity contribution < 1.29 is 9.13 Å². The molecule has 0 radical (unpaired) electrons. The van der Waals surface area contributed by atoms with Crippen LogP contribution in [0.4, 0.5) is 10.2 Å². The van der Waals surface area contributed by atoms with Crippen molar-refractivity contribution in [1.82, 2.24) is 4.98 Å². The van der Waals surface area contributed by atoms with Gasteiger partial charge in [-0.2, -0.15) is 0 Å². The van der Waals surface area contributed by atoms with Crippen molar-refractivity contribution in [3.05, 3.63) is 17.8 Å². The number of rotatable bonds is 1. The summed E-state index contributed by atoms with van der Waals surface area (Å²) in [5.41, 5.74) is 1.16. The topological polar surface area (TPSA) is 25.4 Å². The number of aryl methyl sites for hydroxylation is 1. The molecule has 3 heterocycles. The third-order valence-electron chi connectivity index (χ3n) is 3.40. The van der Waals surface area contributed by atoms with Gasteiger partial charge in [-0.15, -0.1) is 0 Å². The minimum absolute atomic E-state index is 0.169. The lowest BCUT2D eigenvalue weighted by Gasteiger charge is -2.32. The smallest absolute Gasteiger partial charge is 0.172 e. The molecule has 0 saturated carbocycles. The molecular formula is C12H15FN2O. The molecule has 1 aromatic rings. The van der Waals surface area contributed by atoms with Crippen LogP contribution < -0.4 is 9.64 Å². The van der Waals surface area contributed by atoms with E-state index >= 15 is 0 Å². The van der Waals surface area contributed by atoms with Crippen LogP contribution in [0, 0.1) is 0 Å². The highest BCUT2D eigenvalue weighted by molar-refractivity contribution is 5.59. The largest absolute Gasteiger partial charge is 0.487 e. The fourth-order valence-corrected chi connectivity index (χ4v) is 2.57.